The van der Waals surface area contributed by atoms with Crippen LogP contribution in [-0.2, 0) is 25.7 Å². The summed E-state index contributed by atoms with van der Waals surface area (Å²) in [6.07, 6.45) is 8.06. The molecule has 0 saturated heterocycles. The minimum absolute atomic E-state index is 0.118. The van der Waals surface area contributed by atoms with E-state index in [1.807, 2.05) is 18.2 Å². The smallest absolute Gasteiger partial charge is 0.124 e. The highest BCUT2D eigenvalue weighted by Crippen LogP contribution is 2.35. The Kier molecular flexibility index (Phi) is 6.09. The second-order valence-electron chi connectivity index (χ2n) is 7.78. The molecule has 1 nitrogen and oxygen atoms in total. The van der Waals surface area contributed by atoms with Crippen LogP contribution in [0, 0.1) is 5.82 Å². The highest BCUT2D eigenvalue weighted by molar-refractivity contribution is 5.40. The molecule has 1 aliphatic rings. The largest absolute Gasteiger partial charge is 0.485 e. The summed E-state index contributed by atoms with van der Waals surface area (Å²) in [5, 5.41) is 0. The Hall–Kier alpha value is -2.87. The Morgan fingerprint density at radius 3 is 2.21 bits per heavy atom. The lowest BCUT2D eigenvalue weighted by Crippen LogP contribution is -2.15. The van der Waals surface area contributed by atoms with Gasteiger partial charge in [-0.2, -0.15) is 0 Å². The molecule has 1 atom stereocenters. The van der Waals surface area contributed by atoms with Crippen molar-refractivity contribution in [3.05, 3.63) is 113 Å². The van der Waals surface area contributed by atoms with Gasteiger partial charge in [-0.1, -0.05) is 54.6 Å². The highest BCUT2D eigenvalue weighted by atomic mass is 19.1. The minimum atomic E-state index is -0.180. The Labute approximate surface area is 172 Å². The fourth-order valence-electron chi connectivity index (χ4n) is 3.94. The van der Waals surface area contributed by atoms with Crippen molar-refractivity contribution in [3.63, 3.8) is 0 Å². The van der Waals surface area contributed by atoms with E-state index in [0.29, 0.717) is 0 Å². The fraction of sp³-hybridized carbons (Fsp3) is 0.259. The Bertz CT molecular complexity index is 957. The van der Waals surface area contributed by atoms with Crippen LogP contribution in [0.15, 0.2) is 79.4 Å². The molecule has 0 saturated carbocycles. The topological polar surface area (TPSA) is 9.23 Å². The zero-order valence-corrected chi connectivity index (χ0v) is 16.7. The van der Waals surface area contributed by atoms with Crippen molar-refractivity contribution >= 4 is 0 Å². The predicted molar refractivity (Wildman–Crippen MR) is 117 cm³/mol. The molecule has 1 unspecified atom stereocenters. The van der Waals surface area contributed by atoms with Crippen molar-refractivity contribution in [1.29, 1.82) is 0 Å². The van der Waals surface area contributed by atoms with Crippen LogP contribution in [0.25, 0.3) is 0 Å². The first kappa shape index (κ1) is 19.4. The number of aryl methyl sites for hydroxylation is 4. The molecule has 0 aliphatic carbocycles. The molecule has 0 amide bonds. The standard InChI is InChI=1S/C27H27FO/c1-2-3-4-22-11-17-27-24(19-22)14-18-26(29-27)23-12-7-20(8-13-23)5-6-21-9-15-25(28)16-10-21/h2,7-13,15-17,19,26H,1,3-6,14,18H2. The maximum absolute atomic E-state index is 13.0. The summed E-state index contributed by atoms with van der Waals surface area (Å²) in [5.74, 6) is 0.837. The van der Waals surface area contributed by atoms with Crippen molar-refractivity contribution < 1.29 is 9.13 Å². The van der Waals surface area contributed by atoms with Crippen LogP contribution in [0.4, 0.5) is 4.39 Å². The Morgan fingerprint density at radius 2 is 1.52 bits per heavy atom. The molecule has 3 aromatic rings. The third-order valence-electron chi connectivity index (χ3n) is 5.67. The normalized spacial score (nSPS) is 15.4. The van der Waals surface area contributed by atoms with Crippen LogP contribution in [0.2, 0.25) is 0 Å². The summed E-state index contributed by atoms with van der Waals surface area (Å²) in [6, 6.07) is 22.1. The maximum atomic E-state index is 13.0. The molecule has 0 spiro atoms. The van der Waals surface area contributed by atoms with Crippen molar-refractivity contribution in [1.82, 2.24) is 0 Å². The lowest BCUT2D eigenvalue weighted by molar-refractivity contribution is 0.176. The van der Waals surface area contributed by atoms with Gasteiger partial charge in [0.1, 0.15) is 17.7 Å². The lowest BCUT2D eigenvalue weighted by Gasteiger charge is -2.27. The Morgan fingerprint density at radius 1 is 0.862 bits per heavy atom. The van der Waals surface area contributed by atoms with Crippen molar-refractivity contribution in [2.24, 2.45) is 0 Å². The van der Waals surface area contributed by atoms with Crippen molar-refractivity contribution in [2.75, 3.05) is 0 Å². The number of fused-ring (bicyclic) bond motifs is 1. The molecule has 0 aromatic heterocycles. The van der Waals surface area contributed by atoms with Crippen LogP contribution < -0.4 is 4.74 Å². The van der Waals surface area contributed by atoms with Gasteiger partial charge in [0.15, 0.2) is 0 Å². The van der Waals surface area contributed by atoms with Crippen LogP contribution >= 0.6 is 0 Å². The van der Waals surface area contributed by atoms with Gasteiger partial charge in [0.05, 0.1) is 0 Å². The number of benzene rings is 3. The van der Waals surface area contributed by atoms with Gasteiger partial charge in [0.2, 0.25) is 0 Å². The molecule has 0 fully saturated rings. The SMILES string of the molecule is C=CCCc1ccc2c(c1)CCC(c1ccc(CCc3ccc(F)cc3)cc1)O2. The third-order valence-corrected chi connectivity index (χ3v) is 5.67. The first-order chi connectivity index (χ1) is 14.2. The molecular formula is C27H27FO. The number of hydrogen-bond donors (Lipinski definition) is 0. The van der Waals surface area contributed by atoms with E-state index in [-0.39, 0.29) is 11.9 Å². The Balaban J connectivity index is 1.37. The van der Waals surface area contributed by atoms with E-state index in [1.54, 1.807) is 0 Å². The van der Waals surface area contributed by atoms with E-state index in [9.17, 15) is 4.39 Å². The van der Waals surface area contributed by atoms with Gasteiger partial charge >= 0.3 is 0 Å². The van der Waals surface area contributed by atoms with Gasteiger partial charge in [-0.15, -0.1) is 6.58 Å². The predicted octanol–water partition coefficient (Wildman–Crippen LogP) is 6.80. The quantitative estimate of drug-likeness (QED) is 0.406. The number of ether oxygens (including phenoxy) is 1. The molecule has 29 heavy (non-hydrogen) atoms. The maximum Gasteiger partial charge on any atom is 0.124 e. The second-order valence-corrected chi connectivity index (χ2v) is 7.78. The second kappa shape index (κ2) is 9.09. The number of allylic oxidation sites excluding steroid dienone is 1. The van der Waals surface area contributed by atoms with Gasteiger partial charge in [0.25, 0.3) is 0 Å². The van der Waals surface area contributed by atoms with Gasteiger partial charge in [0, 0.05) is 0 Å². The monoisotopic (exact) mass is 386 g/mol. The molecule has 2 heteroatoms. The summed E-state index contributed by atoms with van der Waals surface area (Å²) in [4.78, 5) is 0. The zero-order chi connectivity index (χ0) is 20.1. The summed E-state index contributed by atoms with van der Waals surface area (Å²) in [6.45, 7) is 3.80. The molecule has 3 aromatic carbocycles. The molecule has 1 heterocycles. The first-order valence-electron chi connectivity index (χ1n) is 10.4. The molecule has 0 bridgehead atoms. The number of hydrogen-bond acceptors (Lipinski definition) is 1. The van der Waals surface area contributed by atoms with Crippen LogP contribution in [-0.4, -0.2) is 0 Å². The average Bonchev–Trinajstić information content (AvgIpc) is 2.77. The van der Waals surface area contributed by atoms with E-state index in [0.717, 1.165) is 49.8 Å². The van der Waals surface area contributed by atoms with Gasteiger partial charge in [-0.25, -0.2) is 4.39 Å². The number of halogens is 1. The van der Waals surface area contributed by atoms with Crippen LogP contribution in [0.3, 0.4) is 0 Å². The molecule has 4 rings (SSSR count). The lowest BCUT2D eigenvalue weighted by atomic mass is 9.94. The molecular weight excluding hydrogens is 359 g/mol. The molecule has 1 aliphatic heterocycles. The van der Waals surface area contributed by atoms with E-state index < -0.39 is 0 Å². The van der Waals surface area contributed by atoms with Gasteiger partial charge < -0.3 is 4.74 Å². The fourth-order valence-corrected chi connectivity index (χ4v) is 3.94. The first-order valence-corrected chi connectivity index (χ1v) is 10.4. The highest BCUT2D eigenvalue weighted by Gasteiger charge is 2.21. The third kappa shape index (κ3) is 4.95. The molecule has 0 radical (unpaired) electrons. The van der Waals surface area contributed by atoms with E-state index in [4.69, 9.17) is 4.74 Å². The van der Waals surface area contributed by atoms with Gasteiger partial charge in [-0.05, 0) is 84.5 Å². The number of rotatable bonds is 7. The molecule has 0 N–H and O–H groups in total. The van der Waals surface area contributed by atoms with Gasteiger partial charge in [-0.3, -0.25) is 0 Å². The van der Waals surface area contributed by atoms with Crippen LogP contribution in [0.1, 0.15) is 46.8 Å². The van der Waals surface area contributed by atoms with Crippen molar-refractivity contribution in [3.8, 4) is 5.75 Å². The summed E-state index contributed by atoms with van der Waals surface area (Å²) in [7, 11) is 0. The van der Waals surface area contributed by atoms with E-state index in [1.165, 1.54) is 34.4 Å². The van der Waals surface area contributed by atoms with E-state index >= 15 is 0 Å². The van der Waals surface area contributed by atoms with E-state index in [2.05, 4.69) is 49.0 Å². The minimum Gasteiger partial charge on any atom is -0.485 e. The average molecular weight is 387 g/mol. The molecule has 148 valence electrons. The zero-order valence-electron chi connectivity index (χ0n) is 16.7. The summed E-state index contributed by atoms with van der Waals surface area (Å²) >= 11 is 0. The van der Waals surface area contributed by atoms with Crippen molar-refractivity contribution in [2.45, 2.75) is 44.6 Å². The summed E-state index contributed by atoms with van der Waals surface area (Å²) in [5.41, 5.74) is 6.36. The van der Waals surface area contributed by atoms with Crippen LogP contribution in [0.5, 0.6) is 5.75 Å². The summed E-state index contributed by atoms with van der Waals surface area (Å²) < 4.78 is 19.3.